The molecule has 0 spiro atoms. The summed E-state index contributed by atoms with van der Waals surface area (Å²) in [5.74, 6) is 0. The van der Waals surface area contributed by atoms with Crippen molar-refractivity contribution >= 4 is 0 Å². The fourth-order valence-electron chi connectivity index (χ4n) is 2.28. The van der Waals surface area contributed by atoms with Crippen LogP contribution < -0.4 is 5.73 Å². The highest BCUT2D eigenvalue weighted by molar-refractivity contribution is 5.29. The lowest BCUT2D eigenvalue weighted by Gasteiger charge is -2.16. The quantitative estimate of drug-likeness (QED) is 0.736. The Balaban J connectivity index is 2.40. The molecule has 0 bridgehead atoms. The normalized spacial score (nSPS) is 21.4. The maximum atomic E-state index is 5.94. The fraction of sp³-hybridized carbons (Fsp3) is 0.727. The van der Waals surface area contributed by atoms with Gasteiger partial charge in [0.15, 0.2) is 0 Å². The Bertz CT molecular complexity index is 339. The lowest BCUT2D eigenvalue weighted by atomic mass is 9.93. The maximum Gasteiger partial charge on any atom is 0.0674 e. The van der Waals surface area contributed by atoms with E-state index >= 15 is 0 Å². The minimum Gasteiger partial charge on any atom is -0.327 e. The molecule has 2 N–H and O–H groups in total. The highest BCUT2D eigenvalue weighted by Gasteiger charge is 2.22. The van der Waals surface area contributed by atoms with Gasteiger partial charge >= 0.3 is 0 Å². The molecule has 1 unspecified atom stereocenters. The van der Waals surface area contributed by atoms with E-state index in [-0.39, 0.29) is 0 Å². The van der Waals surface area contributed by atoms with Crippen LogP contribution in [-0.2, 0) is 12.8 Å². The lowest BCUT2D eigenvalue weighted by Crippen LogP contribution is -2.27. The van der Waals surface area contributed by atoms with Crippen molar-refractivity contribution in [1.82, 2.24) is 9.78 Å². The van der Waals surface area contributed by atoms with Gasteiger partial charge in [-0.15, -0.1) is 0 Å². The van der Waals surface area contributed by atoms with Crippen molar-refractivity contribution in [2.24, 2.45) is 5.73 Å². The first-order valence-corrected chi connectivity index (χ1v) is 5.42. The predicted octanol–water partition coefficient (Wildman–Crippen LogP) is 1.59. The van der Waals surface area contributed by atoms with Gasteiger partial charge in [0.2, 0.25) is 0 Å². The number of aromatic nitrogens is 2. The minimum absolute atomic E-state index is 0.317. The summed E-state index contributed by atoms with van der Waals surface area (Å²) in [6.45, 7) is 6.51. The Morgan fingerprint density at radius 1 is 1.50 bits per heavy atom. The lowest BCUT2D eigenvalue weighted by molar-refractivity contribution is 0.509. The van der Waals surface area contributed by atoms with E-state index < -0.39 is 0 Å². The molecule has 1 aromatic rings. The molecule has 1 aliphatic rings. The average molecular weight is 193 g/mol. The summed E-state index contributed by atoms with van der Waals surface area (Å²) in [5.41, 5.74) is 9.95. The molecule has 0 saturated carbocycles. The van der Waals surface area contributed by atoms with E-state index in [1.165, 1.54) is 17.0 Å². The summed E-state index contributed by atoms with van der Waals surface area (Å²) < 4.78 is 2.13. The van der Waals surface area contributed by atoms with Gasteiger partial charge in [-0.1, -0.05) is 0 Å². The smallest absolute Gasteiger partial charge is 0.0674 e. The van der Waals surface area contributed by atoms with E-state index in [1.807, 2.05) is 0 Å². The molecule has 3 heteroatoms. The third-order valence-corrected chi connectivity index (χ3v) is 3.07. The largest absolute Gasteiger partial charge is 0.327 e. The molecule has 0 aromatic carbocycles. The maximum absolute atomic E-state index is 5.94. The average Bonchev–Trinajstić information content (AvgIpc) is 2.43. The van der Waals surface area contributed by atoms with E-state index in [4.69, 9.17) is 5.73 Å². The molecule has 0 aliphatic heterocycles. The van der Waals surface area contributed by atoms with Crippen molar-refractivity contribution in [3.63, 3.8) is 0 Å². The van der Waals surface area contributed by atoms with Gasteiger partial charge in [0, 0.05) is 24.2 Å². The fourth-order valence-corrected chi connectivity index (χ4v) is 2.28. The van der Waals surface area contributed by atoms with Gasteiger partial charge < -0.3 is 5.73 Å². The summed E-state index contributed by atoms with van der Waals surface area (Å²) in [7, 11) is 0. The van der Waals surface area contributed by atoms with Gasteiger partial charge in [-0.2, -0.15) is 5.10 Å². The van der Waals surface area contributed by atoms with Gasteiger partial charge in [0.25, 0.3) is 0 Å². The van der Waals surface area contributed by atoms with Crippen LogP contribution in [0, 0.1) is 6.92 Å². The summed E-state index contributed by atoms with van der Waals surface area (Å²) in [6, 6.07) is 0.772. The van der Waals surface area contributed by atoms with Crippen LogP contribution in [0.15, 0.2) is 0 Å². The van der Waals surface area contributed by atoms with E-state index in [0.29, 0.717) is 12.1 Å². The minimum atomic E-state index is 0.317. The van der Waals surface area contributed by atoms with E-state index in [9.17, 15) is 0 Å². The van der Waals surface area contributed by atoms with Gasteiger partial charge in [0.05, 0.1) is 5.69 Å². The number of hydrogen-bond acceptors (Lipinski definition) is 2. The molecule has 1 aliphatic carbocycles. The second-order valence-corrected chi connectivity index (χ2v) is 4.55. The van der Waals surface area contributed by atoms with Crippen molar-refractivity contribution in [1.29, 1.82) is 0 Å². The zero-order valence-electron chi connectivity index (χ0n) is 9.25. The third-order valence-electron chi connectivity index (χ3n) is 3.07. The topological polar surface area (TPSA) is 43.8 Å². The first-order valence-electron chi connectivity index (χ1n) is 5.42. The van der Waals surface area contributed by atoms with Crippen LogP contribution in [0.3, 0.4) is 0 Å². The van der Waals surface area contributed by atoms with Crippen LogP contribution in [0.1, 0.15) is 43.3 Å². The molecule has 0 radical (unpaired) electrons. The van der Waals surface area contributed by atoms with Crippen molar-refractivity contribution in [3.05, 3.63) is 17.0 Å². The van der Waals surface area contributed by atoms with Gasteiger partial charge in [-0.25, -0.2) is 0 Å². The Labute approximate surface area is 85.3 Å². The molecule has 3 nitrogen and oxygen atoms in total. The number of nitrogens with two attached hydrogens (primary N) is 1. The molecule has 0 amide bonds. The molecule has 1 aromatic heterocycles. The third kappa shape index (κ3) is 1.46. The van der Waals surface area contributed by atoms with Crippen LogP contribution >= 0.6 is 0 Å². The standard InChI is InChI=1S/C11H19N3/c1-7(2)14-8(3)10-5-4-9(12)6-11(10)13-14/h7,9H,4-6,12H2,1-3H3. The second-order valence-electron chi connectivity index (χ2n) is 4.55. The summed E-state index contributed by atoms with van der Waals surface area (Å²) in [6.07, 6.45) is 3.17. The molecule has 1 heterocycles. The second kappa shape index (κ2) is 3.39. The summed E-state index contributed by atoms with van der Waals surface area (Å²) in [5, 5.41) is 4.64. The molecule has 2 rings (SSSR count). The van der Waals surface area contributed by atoms with E-state index in [0.717, 1.165) is 19.3 Å². The molecule has 0 saturated heterocycles. The molecular formula is C11H19N3. The van der Waals surface area contributed by atoms with Crippen molar-refractivity contribution < 1.29 is 0 Å². The number of fused-ring (bicyclic) bond motifs is 1. The van der Waals surface area contributed by atoms with E-state index in [2.05, 4.69) is 30.6 Å². The van der Waals surface area contributed by atoms with Crippen molar-refractivity contribution in [2.45, 2.75) is 52.1 Å². The highest BCUT2D eigenvalue weighted by Crippen LogP contribution is 2.24. The van der Waals surface area contributed by atoms with Crippen LogP contribution in [0.2, 0.25) is 0 Å². The highest BCUT2D eigenvalue weighted by atomic mass is 15.3. The first kappa shape index (κ1) is 9.71. The number of hydrogen-bond donors (Lipinski definition) is 1. The molecular weight excluding hydrogens is 174 g/mol. The number of nitrogens with zero attached hydrogens (tertiary/aromatic N) is 2. The Morgan fingerprint density at radius 3 is 2.86 bits per heavy atom. The van der Waals surface area contributed by atoms with Crippen LogP contribution in [0.5, 0.6) is 0 Å². The van der Waals surface area contributed by atoms with E-state index in [1.54, 1.807) is 0 Å². The molecule has 0 fully saturated rings. The van der Waals surface area contributed by atoms with Crippen LogP contribution in [-0.4, -0.2) is 15.8 Å². The van der Waals surface area contributed by atoms with Crippen LogP contribution in [0.25, 0.3) is 0 Å². The Hall–Kier alpha value is -0.830. The molecule has 1 atom stereocenters. The predicted molar refractivity (Wildman–Crippen MR) is 57.3 cm³/mol. The SMILES string of the molecule is Cc1c2c(nn1C(C)C)CC(N)CC2. The van der Waals surface area contributed by atoms with Crippen molar-refractivity contribution in [3.8, 4) is 0 Å². The Kier molecular flexibility index (Phi) is 2.35. The number of rotatable bonds is 1. The zero-order chi connectivity index (χ0) is 10.3. The van der Waals surface area contributed by atoms with Gasteiger partial charge in [0.1, 0.15) is 0 Å². The zero-order valence-corrected chi connectivity index (χ0v) is 9.25. The molecule has 14 heavy (non-hydrogen) atoms. The van der Waals surface area contributed by atoms with Gasteiger partial charge in [-0.3, -0.25) is 4.68 Å². The van der Waals surface area contributed by atoms with Gasteiger partial charge in [-0.05, 0) is 39.2 Å². The molecule has 78 valence electrons. The van der Waals surface area contributed by atoms with Crippen molar-refractivity contribution in [2.75, 3.05) is 0 Å². The van der Waals surface area contributed by atoms with Crippen LogP contribution in [0.4, 0.5) is 0 Å². The summed E-state index contributed by atoms with van der Waals surface area (Å²) >= 11 is 0. The monoisotopic (exact) mass is 193 g/mol. The Morgan fingerprint density at radius 2 is 2.21 bits per heavy atom. The summed E-state index contributed by atoms with van der Waals surface area (Å²) in [4.78, 5) is 0. The first-order chi connectivity index (χ1) is 6.59.